The molecule has 0 amide bonds. The second kappa shape index (κ2) is 6.01. The average molecular weight is 301 g/mol. The number of fused-ring (bicyclic) bond motifs is 1. The molecule has 0 bridgehead atoms. The Kier molecular flexibility index (Phi) is 4.07. The maximum absolute atomic E-state index is 13.3. The first-order valence-corrected chi connectivity index (χ1v) is 7.61. The number of nitrogens with one attached hydrogen (secondary N) is 1. The molecular formula is C17H20FN3O. The molecule has 0 fully saturated rings. The second-order valence-electron chi connectivity index (χ2n) is 6.12. The first kappa shape index (κ1) is 14.9. The third kappa shape index (κ3) is 3.09. The predicted octanol–water partition coefficient (Wildman–Crippen LogP) is 2.59. The molecule has 5 heteroatoms. The Morgan fingerprint density at radius 1 is 1.41 bits per heavy atom. The predicted molar refractivity (Wildman–Crippen MR) is 83.2 cm³/mol. The monoisotopic (exact) mass is 301 g/mol. The highest BCUT2D eigenvalue weighted by molar-refractivity contribution is 5.23. The highest BCUT2D eigenvalue weighted by Gasteiger charge is 2.21. The lowest BCUT2D eigenvalue weighted by molar-refractivity contribution is 0.239. The zero-order valence-electron chi connectivity index (χ0n) is 12.9. The molecule has 0 saturated carbocycles. The number of nitrogens with zero attached hydrogens (tertiary/aromatic N) is 2. The van der Waals surface area contributed by atoms with Crippen LogP contribution in [0.5, 0.6) is 0 Å². The molecule has 1 aliphatic rings. The molecule has 0 radical (unpaired) electrons. The Morgan fingerprint density at radius 2 is 2.23 bits per heavy atom. The number of rotatable bonds is 3. The van der Waals surface area contributed by atoms with Crippen molar-refractivity contribution in [2.45, 2.75) is 39.3 Å². The number of aromatic nitrogens is 2. The van der Waals surface area contributed by atoms with Gasteiger partial charge in [0.25, 0.3) is 5.56 Å². The van der Waals surface area contributed by atoms with E-state index in [4.69, 9.17) is 0 Å². The maximum Gasteiger partial charge on any atom is 0.254 e. The zero-order chi connectivity index (χ0) is 15.7. The minimum atomic E-state index is -0.216. The Bertz CT molecular complexity index is 739. The van der Waals surface area contributed by atoms with Gasteiger partial charge in [-0.05, 0) is 24.1 Å². The first-order chi connectivity index (χ1) is 10.5. The lowest BCUT2D eigenvalue weighted by Gasteiger charge is -2.28. The van der Waals surface area contributed by atoms with Gasteiger partial charge in [0.2, 0.25) is 0 Å². The van der Waals surface area contributed by atoms with Crippen molar-refractivity contribution in [3.63, 3.8) is 0 Å². The van der Waals surface area contributed by atoms with Crippen LogP contribution in [0, 0.1) is 5.82 Å². The van der Waals surface area contributed by atoms with Crippen LogP contribution in [-0.4, -0.2) is 21.4 Å². The van der Waals surface area contributed by atoms with Crippen LogP contribution in [-0.2, 0) is 19.5 Å². The van der Waals surface area contributed by atoms with Crippen molar-refractivity contribution in [1.29, 1.82) is 0 Å². The molecule has 0 atom stereocenters. The lowest BCUT2D eigenvalue weighted by atomic mass is 10.0. The van der Waals surface area contributed by atoms with E-state index in [1.807, 2.05) is 19.9 Å². The van der Waals surface area contributed by atoms with Crippen LogP contribution in [0.25, 0.3) is 0 Å². The molecule has 0 aliphatic carbocycles. The van der Waals surface area contributed by atoms with Gasteiger partial charge >= 0.3 is 0 Å². The fourth-order valence-corrected chi connectivity index (χ4v) is 2.81. The van der Waals surface area contributed by atoms with E-state index in [1.54, 1.807) is 12.1 Å². The summed E-state index contributed by atoms with van der Waals surface area (Å²) in [4.78, 5) is 21.8. The third-order valence-corrected chi connectivity index (χ3v) is 4.01. The van der Waals surface area contributed by atoms with Crippen molar-refractivity contribution in [2.24, 2.45) is 0 Å². The van der Waals surface area contributed by atoms with Gasteiger partial charge in [-0.25, -0.2) is 9.37 Å². The number of H-pyrrole nitrogens is 1. The summed E-state index contributed by atoms with van der Waals surface area (Å²) >= 11 is 0. The van der Waals surface area contributed by atoms with Crippen LogP contribution < -0.4 is 5.56 Å². The van der Waals surface area contributed by atoms with Crippen molar-refractivity contribution in [2.75, 3.05) is 6.54 Å². The van der Waals surface area contributed by atoms with Gasteiger partial charge in [-0.1, -0.05) is 26.0 Å². The SMILES string of the molecule is CC(C)c1nc2c(c(=O)[nH]1)CCN(Cc1cccc(F)c1)C2. The van der Waals surface area contributed by atoms with E-state index in [-0.39, 0.29) is 17.3 Å². The molecule has 0 saturated heterocycles. The number of hydrogen-bond acceptors (Lipinski definition) is 3. The van der Waals surface area contributed by atoms with Crippen LogP contribution >= 0.6 is 0 Å². The summed E-state index contributed by atoms with van der Waals surface area (Å²) in [6.07, 6.45) is 0.686. The van der Waals surface area contributed by atoms with Crippen LogP contribution in [0.3, 0.4) is 0 Å². The zero-order valence-corrected chi connectivity index (χ0v) is 12.9. The minimum absolute atomic E-state index is 0.0147. The summed E-state index contributed by atoms with van der Waals surface area (Å²) in [5.41, 5.74) is 2.58. The van der Waals surface area contributed by atoms with Crippen LogP contribution in [0.15, 0.2) is 29.1 Å². The van der Waals surface area contributed by atoms with Gasteiger partial charge < -0.3 is 4.98 Å². The van der Waals surface area contributed by atoms with Gasteiger partial charge in [-0.2, -0.15) is 0 Å². The molecule has 1 aromatic heterocycles. The third-order valence-electron chi connectivity index (χ3n) is 4.01. The van der Waals surface area contributed by atoms with E-state index in [0.29, 0.717) is 19.5 Å². The lowest BCUT2D eigenvalue weighted by Crippen LogP contribution is -2.35. The van der Waals surface area contributed by atoms with E-state index >= 15 is 0 Å². The Hall–Kier alpha value is -2.01. The van der Waals surface area contributed by atoms with E-state index in [9.17, 15) is 9.18 Å². The van der Waals surface area contributed by atoms with E-state index in [1.165, 1.54) is 6.07 Å². The van der Waals surface area contributed by atoms with Gasteiger partial charge in [0.15, 0.2) is 0 Å². The summed E-state index contributed by atoms with van der Waals surface area (Å²) in [6, 6.07) is 6.65. The molecule has 116 valence electrons. The first-order valence-electron chi connectivity index (χ1n) is 7.61. The molecule has 1 aromatic carbocycles. The quantitative estimate of drug-likeness (QED) is 0.948. The van der Waals surface area contributed by atoms with Crippen molar-refractivity contribution in [3.05, 3.63) is 63.1 Å². The molecular weight excluding hydrogens is 281 g/mol. The molecule has 0 unspecified atom stereocenters. The molecule has 22 heavy (non-hydrogen) atoms. The van der Waals surface area contributed by atoms with Gasteiger partial charge in [0.1, 0.15) is 11.6 Å². The second-order valence-corrected chi connectivity index (χ2v) is 6.12. The van der Waals surface area contributed by atoms with E-state index in [0.717, 1.165) is 29.2 Å². The topological polar surface area (TPSA) is 49.0 Å². The van der Waals surface area contributed by atoms with Crippen LogP contribution in [0.1, 0.15) is 42.4 Å². The largest absolute Gasteiger partial charge is 0.310 e. The maximum atomic E-state index is 13.3. The molecule has 1 N–H and O–H groups in total. The fraction of sp³-hybridized carbons (Fsp3) is 0.412. The van der Waals surface area contributed by atoms with Crippen LogP contribution in [0.4, 0.5) is 4.39 Å². The summed E-state index contributed by atoms with van der Waals surface area (Å²) in [5.74, 6) is 0.708. The van der Waals surface area contributed by atoms with Crippen LogP contribution in [0.2, 0.25) is 0 Å². The smallest absolute Gasteiger partial charge is 0.254 e. The summed E-state index contributed by atoms with van der Waals surface area (Å²) in [5, 5.41) is 0. The van der Waals surface area contributed by atoms with Gasteiger partial charge in [0.05, 0.1) is 5.69 Å². The molecule has 2 aromatic rings. The van der Waals surface area contributed by atoms with Crippen molar-refractivity contribution >= 4 is 0 Å². The average Bonchev–Trinajstić information content (AvgIpc) is 2.46. The number of aromatic amines is 1. The molecule has 4 nitrogen and oxygen atoms in total. The highest BCUT2D eigenvalue weighted by Crippen LogP contribution is 2.18. The Morgan fingerprint density at radius 3 is 2.95 bits per heavy atom. The highest BCUT2D eigenvalue weighted by atomic mass is 19.1. The normalized spacial score (nSPS) is 15.1. The number of hydrogen-bond donors (Lipinski definition) is 1. The Balaban J connectivity index is 1.82. The molecule has 0 spiro atoms. The fourth-order valence-electron chi connectivity index (χ4n) is 2.81. The van der Waals surface area contributed by atoms with Crippen molar-refractivity contribution in [3.8, 4) is 0 Å². The van der Waals surface area contributed by atoms with Crippen molar-refractivity contribution < 1.29 is 4.39 Å². The summed E-state index contributed by atoms with van der Waals surface area (Å²) < 4.78 is 13.3. The Labute approximate surface area is 129 Å². The molecule has 1 aliphatic heterocycles. The number of benzene rings is 1. The van der Waals surface area contributed by atoms with Gasteiger partial charge in [-0.3, -0.25) is 9.69 Å². The molecule has 3 rings (SSSR count). The van der Waals surface area contributed by atoms with Gasteiger partial charge in [0, 0.05) is 31.1 Å². The number of halogens is 1. The van der Waals surface area contributed by atoms with Gasteiger partial charge in [-0.15, -0.1) is 0 Å². The van der Waals surface area contributed by atoms with Crippen molar-refractivity contribution in [1.82, 2.24) is 14.9 Å². The summed E-state index contributed by atoms with van der Waals surface area (Å²) in [6.45, 7) is 6.11. The standard InChI is InChI=1S/C17H20FN3O/c1-11(2)16-19-15-10-21(7-6-14(15)17(22)20-16)9-12-4-3-5-13(18)8-12/h3-5,8,11H,6-7,9-10H2,1-2H3,(H,19,20,22). The molecule has 2 heterocycles. The van der Waals surface area contributed by atoms with E-state index < -0.39 is 0 Å². The summed E-state index contributed by atoms with van der Waals surface area (Å²) in [7, 11) is 0. The minimum Gasteiger partial charge on any atom is -0.310 e. The van der Waals surface area contributed by atoms with E-state index in [2.05, 4.69) is 14.9 Å².